The van der Waals surface area contributed by atoms with Crippen LogP contribution in [0.15, 0.2) is 11.8 Å². The van der Waals surface area contributed by atoms with Crippen molar-refractivity contribution in [2.45, 2.75) is 73.3 Å². The van der Waals surface area contributed by atoms with Gasteiger partial charge in [-0.25, -0.2) is 0 Å². The van der Waals surface area contributed by atoms with Gasteiger partial charge in [-0.15, -0.1) is 0 Å². The molecule has 0 aliphatic carbocycles. The summed E-state index contributed by atoms with van der Waals surface area (Å²) in [5.41, 5.74) is 0. The van der Waals surface area contributed by atoms with Gasteiger partial charge in [0.15, 0.2) is 5.78 Å². The summed E-state index contributed by atoms with van der Waals surface area (Å²) in [4.78, 5) is 12.2. The van der Waals surface area contributed by atoms with Crippen LogP contribution in [0.4, 0.5) is 0 Å². The van der Waals surface area contributed by atoms with E-state index in [2.05, 4.69) is 27.7 Å². The van der Waals surface area contributed by atoms with E-state index in [1.54, 1.807) is 6.08 Å². The summed E-state index contributed by atoms with van der Waals surface area (Å²) in [6, 6.07) is 0. The van der Waals surface area contributed by atoms with Crippen molar-refractivity contribution < 1.29 is 9.53 Å². The van der Waals surface area contributed by atoms with E-state index in [1.165, 1.54) is 0 Å². The Bertz CT molecular complexity index is 258. The van der Waals surface area contributed by atoms with E-state index >= 15 is 0 Å². The number of hydrogen-bond donors (Lipinski definition) is 0. The minimum Gasteiger partial charge on any atom is -0.495 e. The summed E-state index contributed by atoms with van der Waals surface area (Å²) in [7, 11) is 0. The molecule has 0 aliphatic heterocycles. The molecule has 0 aromatic heterocycles. The number of ether oxygens (including phenoxy) is 1. The number of allylic oxidation sites excluding steroid dienone is 2. The third-order valence-electron chi connectivity index (χ3n) is 3.43. The van der Waals surface area contributed by atoms with E-state index in [1.807, 2.05) is 13.8 Å². The van der Waals surface area contributed by atoms with Crippen LogP contribution in [0, 0.1) is 11.8 Å². The van der Waals surface area contributed by atoms with Crippen LogP contribution in [0.1, 0.15) is 67.2 Å². The summed E-state index contributed by atoms with van der Waals surface area (Å²) < 4.78 is 5.84. The van der Waals surface area contributed by atoms with Crippen LogP contribution in [-0.4, -0.2) is 11.9 Å². The first-order valence-electron chi connectivity index (χ1n) is 7.41. The minimum atomic E-state index is 0.131. The summed E-state index contributed by atoms with van der Waals surface area (Å²) in [5.74, 6) is 1.62. The third kappa shape index (κ3) is 5.70. The van der Waals surface area contributed by atoms with E-state index in [-0.39, 0.29) is 17.8 Å². The third-order valence-corrected chi connectivity index (χ3v) is 3.43. The first kappa shape index (κ1) is 17.2. The average Bonchev–Trinajstić information content (AvgIpc) is 2.31. The van der Waals surface area contributed by atoms with Crippen LogP contribution in [0.25, 0.3) is 0 Å². The van der Waals surface area contributed by atoms with Crippen LogP contribution >= 0.6 is 0 Å². The van der Waals surface area contributed by atoms with Gasteiger partial charge in [0.05, 0.1) is 6.10 Å². The topological polar surface area (TPSA) is 26.3 Å². The molecule has 0 bridgehead atoms. The van der Waals surface area contributed by atoms with Gasteiger partial charge in [0.2, 0.25) is 0 Å². The molecule has 0 amide bonds. The number of carbonyl (C=O) groups is 1. The van der Waals surface area contributed by atoms with E-state index < -0.39 is 0 Å². The van der Waals surface area contributed by atoms with E-state index in [0.29, 0.717) is 5.92 Å². The predicted molar refractivity (Wildman–Crippen MR) is 77.5 cm³/mol. The van der Waals surface area contributed by atoms with Crippen molar-refractivity contribution in [3.05, 3.63) is 11.8 Å². The molecule has 0 unspecified atom stereocenters. The van der Waals surface area contributed by atoms with E-state index in [4.69, 9.17) is 4.74 Å². The maximum absolute atomic E-state index is 12.2. The van der Waals surface area contributed by atoms with E-state index in [9.17, 15) is 4.79 Å². The zero-order chi connectivity index (χ0) is 14.1. The van der Waals surface area contributed by atoms with Crippen molar-refractivity contribution >= 4 is 5.78 Å². The van der Waals surface area contributed by atoms with Crippen LogP contribution < -0.4 is 0 Å². The molecule has 0 aromatic carbocycles. The van der Waals surface area contributed by atoms with Crippen molar-refractivity contribution in [3.8, 4) is 0 Å². The molecule has 0 aliphatic rings. The quantitative estimate of drug-likeness (QED) is 0.439. The Morgan fingerprint density at radius 2 is 1.39 bits per heavy atom. The van der Waals surface area contributed by atoms with Crippen molar-refractivity contribution in [3.63, 3.8) is 0 Å². The van der Waals surface area contributed by atoms with Gasteiger partial charge in [0.25, 0.3) is 0 Å². The molecule has 18 heavy (non-hydrogen) atoms. The van der Waals surface area contributed by atoms with Gasteiger partial charge in [0.1, 0.15) is 5.76 Å². The van der Waals surface area contributed by atoms with Crippen LogP contribution in [-0.2, 0) is 9.53 Å². The Morgan fingerprint density at radius 1 is 0.944 bits per heavy atom. The molecule has 0 spiro atoms. The van der Waals surface area contributed by atoms with Gasteiger partial charge in [-0.2, -0.15) is 0 Å². The fraction of sp³-hybridized carbons (Fsp3) is 0.812. The van der Waals surface area contributed by atoms with Crippen molar-refractivity contribution in [2.75, 3.05) is 0 Å². The monoisotopic (exact) mass is 254 g/mol. The fourth-order valence-electron chi connectivity index (χ4n) is 2.16. The molecule has 2 heteroatoms. The molecule has 0 atom stereocenters. The summed E-state index contributed by atoms with van der Waals surface area (Å²) in [6.07, 6.45) is 5.74. The normalized spacial score (nSPS) is 12.6. The van der Waals surface area contributed by atoms with Gasteiger partial charge >= 0.3 is 0 Å². The molecule has 0 radical (unpaired) electrons. The largest absolute Gasteiger partial charge is 0.495 e. The van der Waals surface area contributed by atoms with Crippen molar-refractivity contribution in [1.82, 2.24) is 0 Å². The first-order chi connectivity index (χ1) is 8.49. The van der Waals surface area contributed by atoms with Crippen molar-refractivity contribution in [1.29, 1.82) is 0 Å². The highest BCUT2D eigenvalue weighted by Crippen LogP contribution is 2.23. The lowest BCUT2D eigenvalue weighted by molar-refractivity contribution is -0.118. The molecule has 0 saturated carbocycles. The van der Waals surface area contributed by atoms with Gasteiger partial charge in [0, 0.05) is 17.9 Å². The van der Waals surface area contributed by atoms with Crippen LogP contribution in [0.2, 0.25) is 0 Å². The molecule has 2 nitrogen and oxygen atoms in total. The fourth-order valence-corrected chi connectivity index (χ4v) is 2.16. The number of ketones is 1. The Morgan fingerprint density at radius 3 is 1.72 bits per heavy atom. The minimum absolute atomic E-state index is 0.131. The Kier molecular flexibility index (Phi) is 8.78. The van der Waals surface area contributed by atoms with Gasteiger partial charge in [-0.1, -0.05) is 27.7 Å². The number of carbonyl (C=O) groups excluding carboxylic acids is 1. The second kappa shape index (κ2) is 9.18. The van der Waals surface area contributed by atoms with Gasteiger partial charge in [-0.3, -0.25) is 4.79 Å². The molecular formula is C16H30O2. The molecule has 0 N–H and O–H groups in total. The number of hydrogen-bond acceptors (Lipinski definition) is 2. The second-order valence-electron chi connectivity index (χ2n) is 5.14. The molecule has 0 rings (SSSR count). The molecular weight excluding hydrogens is 224 g/mol. The Labute approximate surface area is 113 Å². The van der Waals surface area contributed by atoms with Gasteiger partial charge in [-0.05, 0) is 39.5 Å². The summed E-state index contributed by atoms with van der Waals surface area (Å²) >= 11 is 0. The molecule has 0 fully saturated rings. The highest BCUT2D eigenvalue weighted by atomic mass is 16.5. The highest BCUT2D eigenvalue weighted by Gasteiger charge is 2.18. The summed E-state index contributed by atoms with van der Waals surface area (Å²) in [6.45, 7) is 12.5. The summed E-state index contributed by atoms with van der Waals surface area (Å²) in [5, 5.41) is 0. The van der Waals surface area contributed by atoms with E-state index in [0.717, 1.165) is 31.4 Å². The Hall–Kier alpha value is -0.790. The van der Waals surface area contributed by atoms with Gasteiger partial charge < -0.3 is 4.74 Å². The molecule has 0 heterocycles. The SMILES string of the molecule is CCC(CC)C(=O)/C=C(\OC(C)C)C(CC)CC. The molecule has 0 saturated heterocycles. The molecule has 106 valence electrons. The van der Waals surface area contributed by atoms with Crippen molar-refractivity contribution in [2.24, 2.45) is 11.8 Å². The second-order valence-corrected chi connectivity index (χ2v) is 5.14. The first-order valence-corrected chi connectivity index (χ1v) is 7.41. The van der Waals surface area contributed by atoms with Crippen LogP contribution in [0.5, 0.6) is 0 Å². The molecule has 0 aromatic rings. The maximum atomic E-state index is 12.2. The number of rotatable bonds is 9. The lowest BCUT2D eigenvalue weighted by Gasteiger charge is -2.21. The standard InChI is InChI=1S/C16H30O2/c1-7-13(8-2)15(17)11-16(18-12(5)6)14(9-3)10-4/h11-14H,7-10H2,1-6H3/b16-11-. The zero-order valence-corrected chi connectivity index (χ0v) is 13.0. The lowest BCUT2D eigenvalue weighted by Crippen LogP contribution is -2.16. The lowest BCUT2D eigenvalue weighted by atomic mass is 9.94. The average molecular weight is 254 g/mol. The maximum Gasteiger partial charge on any atom is 0.162 e. The smallest absolute Gasteiger partial charge is 0.162 e. The predicted octanol–water partition coefficient (Wildman–Crippen LogP) is 4.74. The Balaban J connectivity index is 4.98. The zero-order valence-electron chi connectivity index (χ0n) is 13.0. The van der Waals surface area contributed by atoms with Crippen LogP contribution in [0.3, 0.4) is 0 Å². The highest BCUT2D eigenvalue weighted by molar-refractivity contribution is 5.92.